The monoisotopic (exact) mass is 170 g/mol. The highest BCUT2D eigenvalue weighted by Crippen LogP contribution is 2.61. The highest BCUT2D eigenvalue weighted by atomic mass is 16.3. The molecule has 3 aliphatic carbocycles. The lowest BCUT2D eigenvalue weighted by Crippen LogP contribution is -2.58. The lowest BCUT2D eigenvalue weighted by atomic mass is 9.45. The van der Waals surface area contributed by atoms with Crippen molar-refractivity contribution >= 4 is 0 Å². The molecule has 3 saturated carbocycles. The summed E-state index contributed by atoms with van der Waals surface area (Å²) in [5.74, 6) is 1.39. The van der Waals surface area contributed by atoms with E-state index in [2.05, 4.69) is 13.8 Å². The number of aliphatic hydroxyl groups is 2. The van der Waals surface area contributed by atoms with E-state index in [0.717, 1.165) is 6.42 Å². The number of fused-ring (bicyclic) bond motifs is 2. The molecule has 0 aromatic heterocycles. The van der Waals surface area contributed by atoms with Gasteiger partial charge in [-0.25, -0.2) is 0 Å². The van der Waals surface area contributed by atoms with Crippen LogP contribution in [0.3, 0.4) is 0 Å². The standard InChI is InChI=1S/C10H18O2/c1-10(2)6-3-8(10)7(5-11)9(12)4-6/h6-9,11-12H,3-5H2,1-2H3/t6-,7+,8+,9-/m1/s1. The summed E-state index contributed by atoms with van der Waals surface area (Å²) in [5.41, 5.74) is 0.368. The molecule has 12 heavy (non-hydrogen) atoms. The molecular weight excluding hydrogens is 152 g/mol. The lowest BCUT2D eigenvalue weighted by molar-refractivity contribution is -0.170. The zero-order chi connectivity index (χ0) is 8.93. The van der Waals surface area contributed by atoms with Crippen LogP contribution < -0.4 is 0 Å². The van der Waals surface area contributed by atoms with Gasteiger partial charge in [-0.05, 0) is 30.1 Å². The van der Waals surface area contributed by atoms with E-state index in [-0.39, 0.29) is 18.6 Å². The molecule has 3 rings (SSSR count). The minimum atomic E-state index is -0.244. The molecule has 0 radical (unpaired) electrons. The summed E-state index contributed by atoms with van der Waals surface area (Å²) in [4.78, 5) is 0. The maximum atomic E-state index is 9.64. The van der Waals surface area contributed by atoms with E-state index in [1.54, 1.807) is 0 Å². The Morgan fingerprint density at radius 3 is 2.42 bits per heavy atom. The highest BCUT2D eigenvalue weighted by molar-refractivity contribution is 5.06. The largest absolute Gasteiger partial charge is 0.396 e. The topological polar surface area (TPSA) is 40.5 Å². The molecule has 3 aliphatic rings. The summed E-state index contributed by atoms with van der Waals surface area (Å²) in [6.07, 6.45) is 1.87. The van der Waals surface area contributed by atoms with Crippen LogP contribution in [-0.4, -0.2) is 22.9 Å². The second-order valence-electron chi connectivity index (χ2n) is 5.01. The second kappa shape index (κ2) is 2.46. The lowest BCUT2D eigenvalue weighted by Gasteiger charge is -2.61. The molecule has 0 unspecified atom stereocenters. The van der Waals surface area contributed by atoms with Gasteiger partial charge in [0.15, 0.2) is 0 Å². The van der Waals surface area contributed by atoms with Crippen LogP contribution in [0.1, 0.15) is 26.7 Å². The van der Waals surface area contributed by atoms with Gasteiger partial charge < -0.3 is 10.2 Å². The third-order valence-corrected chi connectivity index (χ3v) is 4.29. The Balaban J connectivity index is 2.15. The zero-order valence-corrected chi connectivity index (χ0v) is 7.83. The molecule has 0 saturated heterocycles. The van der Waals surface area contributed by atoms with Crippen molar-refractivity contribution in [2.75, 3.05) is 6.61 Å². The number of rotatable bonds is 1. The zero-order valence-electron chi connectivity index (χ0n) is 7.83. The maximum absolute atomic E-state index is 9.64. The first-order valence-electron chi connectivity index (χ1n) is 4.86. The van der Waals surface area contributed by atoms with Crippen LogP contribution in [0.2, 0.25) is 0 Å². The fourth-order valence-electron chi connectivity index (χ4n) is 3.17. The van der Waals surface area contributed by atoms with Crippen molar-refractivity contribution in [2.45, 2.75) is 32.8 Å². The van der Waals surface area contributed by atoms with Crippen molar-refractivity contribution < 1.29 is 10.2 Å². The van der Waals surface area contributed by atoms with Crippen molar-refractivity contribution in [2.24, 2.45) is 23.2 Å². The first kappa shape index (κ1) is 8.52. The van der Waals surface area contributed by atoms with Crippen molar-refractivity contribution in [1.82, 2.24) is 0 Å². The van der Waals surface area contributed by atoms with E-state index < -0.39 is 0 Å². The number of aliphatic hydroxyl groups excluding tert-OH is 2. The van der Waals surface area contributed by atoms with Gasteiger partial charge in [0.2, 0.25) is 0 Å². The normalized spacial score (nSPS) is 50.0. The van der Waals surface area contributed by atoms with E-state index in [4.69, 9.17) is 5.11 Å². The Kier molecular flexibility index (Phi) is 1.74. The Labute approximate surface area is 73.6 Å². The van der Waals surface area contributed by atoms with Gasteiger partial charge in [-0.1, -0.05) is 13.8 Å². The van der Waals surface area contributed by atoms with Gasteiger partial charge in [0, 0.05) is 12.5 Å². The molecule has 2 nitrogen and oxygen atoms in total. The van der Waals surface area contributed by atoms with Crippen molar-refractivity contribution in [3.63, 3.8) is 0 Å². The molecule has 70 valence electrons. The van der Waals surface area contributed by atoms with Crippen LogP contribution in [0.25, 0.3) is 0 Å². The van der Waals surface area contributed by atoms with E-state index in [1.807, 2.05) is 0 Å². The minimum absolute atomic E-state index is 0.144. The molecule has 4 atom stereocenters. The quantitative estimate of drug-likeness (QED) is 0.617. The van der Waals surface area contributed by atoms with Gasteiger partial charge in [-0.15, -0.1) is 0 Å². The third kappa shape index (κ3) is 0.882. The summed E-state index contributed by atoms with van der Waals surface area (Å²) in [6.45, 7) is 4.68. The average molecular weight is 170 g/mol. The third-order valence-electron chi connectivity index (χ3n) is 4.29. The Hall–Kier alpha value is -0.0800. The predicted octanol–water partition coefficient (Wildman–Crippen LogP) is 1.02. The molecule has 0 aromatic rings. The van der Waals surface area contributed by atoms with Gasteiger partial charge in [0.05, 0.1) is 6.10 Å². The van der Waals surface area contributed by atoms with Crippen molar-refractivity contribution in [1.29, 1.82) is 0 Å². The molecule has 0 amide bonds. The summed E-state index contributed by atoms with van der Waals surface area (Å²) >= 11 is 0. The minimum Gasteiger partial charge on any atom is -0.396 e. The van der Waals surface area contributed by atoms with Gasteiger partial charge in [-0.2, -0.15) is 0 Å². The molecular formula is C10H18O2. The predicted molar refractivity (Wildman–Crippen MR) is 46.6 cm³/mol. The summed E-state index contributed by atoms with van der Waals surface area (Å²) in [5, 5.41) is 18.8. The van der Waals surface area contributed by atoms with Gasteiger partial charge in [0.1, 0.15) is 0 Å². The van der Waals surface area contributed by atoms with E-state index in [9.17, 15) is 5.11 Å². The summed E-state index contributed by atoms with van der Waals surface area (Å²) in [7, 11) is 0. The molecule has 0 aliphatic heterocycles. The Morgan fingerprint density at radius 1 is 1.33 bits per heavy atom. The molecule has 2 N–H and O–H groups in total. The maximum Gasteiger partial charge on any atom is 0.0596 e. The number of hydrogen-bond acceptors (Lipinski definition) is 2. The second-order valence-corrected chi connectivity index (χ2v) is 5.01. The van der Waals surface area contributed by atoms with E-state index >= 15 is 0 Å². The number of hydrogen-bond donors (Lipinski definition) is 2. The first-order valence-corrected chi connectivity index (χ1v) is 4.86. The molecule has 0 heterocycles. The van der Waals surface area contributed by atoms with Crippen LogP contribution in [0.15, 0.2) is 0 Å². The fraction of sp³-hybridized carbons (Fsp3) is 1.00. The Morgan fingerprint density at radius 2 is 2.00 bits per heavy atom. The summed E-state index contributed by atoms with van der Waals surface area (Å²) < 4.78 is 0. The van der Waals surface area contributed by atoms with Crippen LogP contribution in [0.4, 0.5) is 0 Å². The fourth-order valence-corrected chi connectivity index (χ4v) is 3.17. The highest BCUT2D eigenvalue weighted by Gasteiger charge is 2.57. The molecule has 0 aromatic carbocycles. The summed E-state index contributed by atoms with van der Waals surface area (Å²) in [6, 6.07) is 0. The Bertz CT molecular complexity index is 188. The van der Waals surface area contributed by atoms with E-state index in [0.29, 0.717) is 17.3 Å². The SMILES string of the molecule is CC1(C)[C@H]2C[C@@H](O)[C@@H](CO)[C@@H]1C2. The molecule has 2 bridgehead atoms. The molecule has 0 spiro atoms. The van der Waals surface area contributed by atoms with Crippen LogP contribution >= 0.6 is 0 Å². The van der Waals surface area contributed by atoms with Crippen LogP contribution in [-0.2, 0) is 0 Å². The van der Waals surface area contributed by atoms with Gasteiger partial charge in [0.25, 0.3) is 0 Å². The van der Waals surface area contributed by atoms with Gasteiger partial charge in [-0.3, -0.25) is 0 Å². The van der Waals surface area contributed by atoms with E-state index in [1.165, 1.54) is 6.42 Å². The first-order chi connectivity index (χ1) is 5.57. The average Bonchev–Trinajstić information content (AvgIpc) is 2.03. The van der Waals surface area contributed by atoms with Gasteiger partial charge >= 0.3 is 0 Å². The smallest absolute Gasteiger partial charge is 0.0596 e. The van der Waals surface area contributed by atoms with Crippen LogP contribution in [0.5, 0.6) is 0 Å². The molecule has 3 fully saturated rings. The van der Waals surface area contributed by atoms with Crippen LogP contribution in [0, 0.1) is 23.2 Å². The van der Waals surface area contributed by atoms with Crippen molar-refractivity contribution in [3.8, 4) is 0 Å². The van der Waals surface area contributed by atoms with Crippen molar-refractivity contribution in [3.05, 3.63) is 0 Å². The molecule has 2 heteroatoms.